The first-order valence-electron chi connectivity index (χ1n) is 8.32. The molecule has 0 aromatic heterocycles. The van der Waals surface area contributed by atoms with Crippen LogP contribution in [0.5, 0.6) is 0 Å². The summed E-state index contributed by atoms with van der Waals surface area (Å²) in [6, 6.07) is 14.0. The molecule has 2 nitrogen and oxygen atoms in total. The molecule has 0 aliphatic carbocycles. The molecule has 1 saturated heterocycles. The molecule has 1 heterocycles. The highest BCUT2D eigenvalue weighted by atomic mass is 79.9. The van der Waals surface area contributed by atoms with Gasteiger partial charge in [0.1, 0.15) is 0 Å². The quantitative estimate of drug-likeness (QED) is 0.526. The molecule has 2 aromatic carbocycles. The normalized spacial score (nSPS) is 14.9. The number of carbonyl (C=O) groups is 1. The molecule has 3 rings (SSSR count). The van der Waals surface area contributed by atoms with Crippen LogP contribution in [-0.4, -0.2) is 23.9 Å². The molecule has 5 heteroatoms. The van der Waals surface area contributed by atoms with E-state index in [0.29, 0.717) is 5.02 Å². The lowest BCUT2D eigenvalue weighted by atomic mass is 10.1. The van der Waals surface area contributed by atoms with Gasteiger partial charge in [0.05, 0.1) is 5.02 Å². The maximum atomic E-state index is 12.2. The van der Waals surface area contributed by atoms with E-state index in [1.54, 1.807) is 17.8 Å². The summed E-state index contributed by atoms with van der Waals surface area (Å²) in [6.45, 7) is 1.73. The van der Waals surface area contributed by atoms with E-state index in [4.69, 9.17) is 11.6 Å². The lowest BCUT2D eigenvalue weighted by Gasteiger charge is -2.25. The van der Waals surface area contributed by atoms with Crippen molar-refractivity contribution in [1.82, 2.24) is 4.90 Å². The molecule has 0 unspecified atom stereocenters. The number of likely N-dealkylation sites (tertiary alicyclic amines) is 1. The fourth-order valence-corrected chi connectivity index (χ4v) is 4.41. The third-order valence-electron chi connectivity index (χ3n) is 4.10. The van der Waals surface area contributed by atoms with E-state index in [1.807, 2.05) is 47.4 Å². The molecule has 0 bridgehead atoms. The summed E-state index contributed by atoms with van der Waals surface area (Å²) in [5.41, 5.74) is 0.937. The van der Waals surface area contributed by atoms with Crippen LogP contribution in [0.3, 0.4) is 0 Å². The maximum absolute atomic E-state index is 12.2. The summed E-state index contributed by atoms with van der Waals surface area (Å²) >= 11 is 11.6. The zero-order valence-electron chi connectivity index (χ0n) is 13.8. The second-order valence-electron chi connectivity index (χ2n) is 5.94. The number of rotatable bonds is 4. The Balaban J connectivity index is 1.68. The van der Waals surface area contributed by atoms with Crippen molar-refractivity contribution in [3.8, 4) is 0 Å². The van der Waals surface area contributed by atoms with Crippen molar-refractivity contribution in [1.29, 1.82) is 0 Å². The topological polar surface area (TPSA) is 20.3 Å². The third kappa shape index (κ3) is 5.13. The maximum Gasteiger partial charge on any atom is 0.246 e. The molecule has 1 amide bonds. The van der Waals surface area contributed by atoms with Crippen LogP contribution in [0.25, 0.3) is 6.08 Å². The predicted molar refractivity (Wildman–Crippen MR) is 109 cm³/mol. The van der Waals surface area contributed by atoms with Crippen LogP contribution in [-0.2, 0) is 4.79 Å². The molecular weight excluding hydrogens is 418 g/mol. The smallest absolute Gasteiger partial charge is 0.246 e. The Bertz CT molecular complexity index is 787. The highest BCUT2D eigenvalue weighted by Crippen LogP contribution is 2.37. The molecule has 0 radical (unpaired) electrons. The van der Waals surface area contributed by atoms with Crippen molar-refractivity contribution >= 4 is 51.3 Å². The summed E-state index contributed by atoms with van der Waals surface area (Å²) in [5, 5.41) is 0.688. The minimum Gasteiger partial charge on any atom is -0.339 e. The summed E-state index contributed by atoms with van der Waals surface area (Å²) < 4.78 is 1.05. The van der Waals surface area contributed by atoms with Gasteiger partial charge in [-0.2, -0.15) is 0 Å². The van der Waals surface area contributed by atoms with Crippen molar-refractivity contribution in [2.24, 2.45) is 0 Å². The van der Waals surface area contributed by atoms with Gasteiger partial charge in [0.25, 0.3) is 0 Å². The van der Waals surface area contributed by atoms with Gasteiger partial charge in [-0.3, -0.25) is 4.79 Å². The Kier molecular flexibility index (Phi) is 6.63. The lowest BCUT2D eigenvalue weighted by Crippen LogP contribution is -2.34. The van der Waals surface area contributed by atoms with Crippen molar-refractivity contribution < 1.29 is 4.79 Å². The summed E-state index contributed by atoms with van der Waals surface area (Å²) in [7, 11) is 0. The predicted octanol–water partition coefficient (Wildman–Crippen LogP) is 6.28. The fraction of sp³-hybridized carbons (Fsp3) is 0.250. The highest BCUT2D eigenvalue weighted by molar-refractivity contribution is 9.10. The SMILES string of the molecule is O=C(C=Cc1ccc(Sc2ccccc2Br)c(Cl)c1)N1CCCCC1. The van der Waals surface area contributed by atoms with Gasteiger partial charge >= 0.3 is 0 Å². The lowest BCUT2D eigenvalue weighted by molar-refractivity contribution is -0.126. The van der Waals surface area contributed by atoms with Crippen LogP contribution in [0.15, 0.2) is 62.8 Å². The molecule has 2 aromatic rings. The second kappa shape index (κ2) is 8.93. The molecule has 1 fully saturated rings. The third-order valence-corrected chi connectivity index (χ3v) is 6.63. The van der Waals surface area contributed by atoms with Gasteiger partial charge in [0.2, 0.25) is 5.91 Å². The molecule has 1 aliphatic heterocycles. The number of amides is 1. The highest BCUT2D eigenvalue weighted by Gasteiger charge is 2.13. The number of carbonyl (C=O) groups excluding carboxylic acids is 1. The Morgan fingerprint density at radius 2 is 1.84 bits per heavy atom. The number of hydrogen-bond acceptors (Lipinski definition) is 2. The number of nitrogens with zero attached hydrogens (tertiary/aromatic N) is 1. The van der Waals surface area contributed by atoms with E-state index in [2.05, 4.69) is 22.0 Å². The number of halogens is 2. The second-order valence-corrected chi connectivity index (χ2v) is 8.29. The molecule has 0 saturated carbocycles. The van der Waals surface area contributed by atoms with E-state index in [1.165, 1.54) is 6.42 Å². The van der Waals surface area contributed by atoms with Gasteiger partial charge in [-0.15, -0.1) is 0 Å². The van der Waals surface area contributed by atoms with Crippen molar-refractivity contribution in [2.45, 2.75) is 29.1 Å². The Morgan fingerprint density at radius 3 is 2.56 bits per heavy atom. The molecular formula is C20H19BrClNOS. The first kappa shape index (κ1) is 18.6. The van der Waals surface area contributed by atoms with E-state index in [-0.39, 0.29) is 5.91 Å². The summed E-state index contributed by atoms with van der Waals surface area (Å²) in [4.78, 5) is 16.2. The van der Waals surface area contributed by atoms with E-state index >= 15 is 0 Å². The van der Waals surface area contributed by atoms with Crippen LogP contribution in [0.4, 0.5) is 0 Å². The van der Waals surface area contributed by atoms with Crippen molar-refractivity contribution in [3.05, 3.63) is 63.6 Å². The number of piperidine rings is 1. The van der Waals surface area contributed by atoms with Gasteiger partial charge < -0.3 is 4.90 Å². The van der Waals surface area contributed by atoms with Crippen LogP contribution < -0.4 is 0 Å². The van der Waals surface area contributed by atoms with Gasteiger partial charge in [-0.25, -0.2) is 0 Å². The van der Waals surface area contributed by atoms with E-state index in [9.17, 15) is 4.79 Å². The molecule has 0 N–H and O–H groups in total. The van der Waals surface area contributed by atoms with Crippen LogP contribution >= 0.6 is 39.3 Å². The summed E-state index contributed by atoms with van der Waals surface area (Å²) in [5.74, 6) is 0.0856. The standard InChI is InChI=1S/C20H19BrClNOS/c21-16-6-2-3-7-18(16)25-19-10-8-15(14-17(19)22)9-11-20(24)23-12-4-1-5-13-23/h2-3,6-11,14H,1,4-5,12-13H2. The van der Waals surface area contributed by atoms with Crippen molar-refractivity contribution in [3.63, 3.8) is 0 Å². The Hall–Kier alpha value is -1.23. The zero-order valence-corrected chi connectivity index (χ0v) is 16.9. The first-order chi connectivity index (χ1) is 12.1. The minimum absolute atomic E-state index is 0.0856. The zero-order chi connectivity index (χ0) is 17.6. The van der Waals surface area contributed by atoms with Gasteiger partial charge in [-0.1, -0.05) is 41.6 Å². The summed E-state index contributed by atoms with van der Waals surface area (Å²) in [6.07, 6.45) is 6.92. The largest absolute Gasteiger partial charge is 0.339 e. The minimum atomic E-state index is 0.0856. The van der Waals surface area contributed by atoms with E-state index < -0.39 is 0 Å². The molecule has 25 heavy (non-hydrogen) atoms. The monoisotopic (exact) mass is 435 g/mol. The van der Waals surface area contributed by atoms with Crippen LogP contribution in [0.2, 0.25) is 5.02 Å². The Morgan fingerprint density at radius 1 is 1.08 bits per heavy atom. The molecule has 0 spiro atoms. The number of benzene rings is 2. The Labute approximate surface area is 166 Å². The first-order valence-corrected chi connectivity index (χ1v) is 10.3. The molecule has 1 aliphatic rings. The average molecular weight is 437 g/mol. The van der Waals surface area contributed by atoms with Crippen molar-refractivity contribution in [2.75, 3.05) is 13.1 Å². The van der Waals surface area contributed by atoms with E-state index in [0.717, 1.165) is 45.8 Å². The molecule has 130 valence electrons. The molecule has 0 atom stereocenters. The van der Waals surface area contributed by atoms with Crippen LogP contribution in [0, 0.1) is 0 Å². The van der Waals surface area contributed by atoms with Crippen LogP contribution in [0.1, 0.15) is 24.8 Å². The van der Waals surface area contributed by atoms with Gasteiger partial charge in [-0.05, 0) is 71.1 Å². The number of hydrogen-bond donors (Lipinski definition) is 0. The van der Waals surface area contributed by atoms with Gasteiger partial charge in [0, 0.05) is 33.4 Å². The average Bonchev–Trinajstić information content (AvgIpc) is 2.64. The van der Waals surface area contributed by atoms with Gasteiger partial charge in [0.15, 0.2) is 0 Å². The fourth-order valence-electron chi connectivity index (χ4n) is 2.74.